The normalized spacial score (nSPS) is 11.0. The van der Waals surface area contributed by atoms with Crippen molar-refractivity contribution in [1.29, 1.82) is 0 Å². The predicted octanol–water partition coefficient (Wildman–Crippen LogP) is 1.52. The summed E-state index contributed by atoms with van der Waals surface area (Å²) in [6, 6.07) is 5.11. The summed E-state index contributed by atoms with van der Waals surface area (Å²) in [5.41, 5.74) is 1.02. The van der Waals surface area contributed by atoms with Crippen LogP contribution in [0.5, 0.6) is 0 Å². The van der Waals surface area contributed by atoms with Crippen molar-refractivity contribution in [3.63, 3.8) is 0 Å². The molecule has 7 nitrogen and oxygen atoms in total. The van der Waals surface area contributed by atoms with Crippen molar-refractivity contribution < 1.29 is 9.90 Å². The number of hydrogen-bond donors (Lipinski definition) is 1. The van der Waals surface area contributed by atoms with Gasteiger partial charge in [-0.15, -0.1) is 0 Å². The highest BCUT2D eigenvalue weighted by Gasteiger charge is 2.16. The maximum absolute atomic E-state index is 12.2. The number of aromatic carboxylic acids is 1. The van der Waals surface area contributed by atoms with E-state index in [1.165, 1.54) is 6.20 Å². The number of aryl methyl sites for hydroxylation is 2. The van der Waals surface area contributed by atoms with Gasteiger partial charge >= 0.3 is 5.97 Å². The minimum Gasteiger partial charge on any atom is -0.477 e. The van der Waals surface area contributed by atoms with Crippen molar-refractivity contribution in [3.05, 3.63) is 46.4 Å². The minimum absolute atomic E-state index is 0.248. The third kappa shape index (κ3) is 2.16. The van der Waals surface area contributed by atoms with Crippen LogP contribution in [-0.2, 0) is 13.6 Å². The van der Waals surface area contributed by atoms with E-state index >= 15 is 0 Å². The van der Waals surface area contributed by atoms with Crippen LogP contribution in [0.4, 0.5) is 0 Å². The fraction of sp³-hybridized carbons (Fsp3) is 0.200. The van der Waals surface area contributed by atoms with Crippen molar-refractivity contribution in [2.75, 3.05) is 0 Å². The standard InChI is InChI=1S/C15H14N4O3/c1-3-19-8-10(15(21)22)13(20)9-4-5-11(16-14(9)19)12-6-7-18(2)17-12/h4-8H,3H2,1-2H3,(H,21,22). The zero-order valence-electron chi connectivity index (χ0n) is 12.1. The smallest absolute Gasteiger partial charge is 0.341 e. The third-order valence-electron chi connectivity index (χ3n) is 3.47. The molecule has 0 saturated carbocycles. The van der Waals surface area contributed by atoms with E-state index in [1.807, 2.05) is 26.2 Å². The molecule has 0 aliphatic rings. The Labute approximate surface area is 125 Å². The van der Waals surface area contributed by atoms with Crippen molar-refractivity contribution in [3.8, 4) is 11.4 Å². The van der Waals surface area contributed by atoms with E-state index in [0.29, 0.717) is 29.0 Å². The van der Waals surface area contributed by atoms with Gasteiger partial charge in [0, 0.05) is 26.0 Å². The monoisotopic (exact) mass is 298 g/mol. The molecule has 0 amide bonds. The molecule has 22 heavy (non-hydrogen) atoms. The second-order valence-electron chi connectivity index (χ2n) is 4.91. The average Bonchev–Trinajstić information content (AvgIpc) is 2.93. The van der Waals surface area contributed by atoms with E-state index in [-0.39, 0.29) is 5.56 Å². The molecular formula is C15H14N4O3. The number of aromatic nitrogens is 4. The molecule has 3 aromatic rings. The summed E-state index contributed by atoms with van der Waals surface area (Å²) < 4.78 is 3.33. The van der Waals surface area contributed by atoms with Crippen LogP contribution < -0.4 is 5.43 Å². The van der Waals surface area contributed by atoms with Gasteiger partial charge in [-0.3, -0.25) is 9.48 Å². The first-order valence-electron chi connectivity index (χ1n) is 6.78. The highest BCUT2D eigenvalue weighted by atomic mass is 16.4. The van der Waals surface area contributed by atoms with Crippen LogP contribution in [0.25, 0.3) is 22.4 Å². The molecule has 0 saturated heterocycles. The fourth-order valence-corrected chi connectivity index (χ4v) is 2.35. The Kier molecular flexibility index (Phi) is 3.25. The van der Waals surface area contributed by atoms with Crippen LogP contribution in [0, 0.1) is 0 Å². The average molecular weight is 298 g/mol. The molecule has 0 bridgehead atoms. The molecule has 0 aromatic carbocycles. The van der Waals surface area contributed by atoms with Gasteiger partial charge in [-0.05, 0) is 25.1 Å². The lowest BCUT2D eigenvalue weighted by Crippen LogP contribution is -2.19. The number of rotatable bonds is 3. The number of hydrogen-bond acceptors (Lipinski definition) is 4. The molecule has 3 rings (SSSR count). The zero-order chi connectivity index (χ0) is 15.9. The van der Waals surface area contributed by atoms with E-state index in [2.05, 4.69) is 10.1 Å². The van der Waals surface area contributed by atoms with Gasteiger partial charge in [-0.1, -0.05) is 0 Å². The number of nitrogens with zero attached hydrogens (tertiary/aromatic N) is 4. The summed E-state index contributed by atoms with van der Waals surface area (Å²) in [7, 11) is 1.81. The topological polar surface area (TPSA) is 90.0 Å². The SMILES string of the molecule is CCn1cc(C(=O)O)c(=O)c2ccc(-c3ccn(C)n3)nc21. The quantitative estimate of drug-likeness (QED) is 0.791. The highest BCUT2D eigenvalue weighted by molar-refractivity contribution is 5.92. The number of pyridine rings is 2. The predicted molar refractivity (Wildman–Crippen MR) is 80.8 cm³/mol. The van der Waals surface area contributed by atoms with Gasteiger partial charge in [-0.25, -0.2) is 9.78 Å². The molecule has 0 atom stereocenters. The Morgan fingerprint density at radius 2 is 2.05 bits per heavy atom. The van der Waals surface area contributed by atoms with Gasteiger partial charge in [0.1, 0.15) is 16.9 Å². The Hall–Kier alpha value is -2.96. The Bertz CT molecular complexity index is 940. The van der Waals surface area contributed by atoms with Crippen molar-refractivity contribution >= 4 is 17.0 Å². The number of carboxylic acids is 1. The Balaban J connectivity index is 2.30. The van der Waals surface area contributed by atoms with Crippen molar-refractivity contribution in [1.82, 2.24) is 19.3 Å². The Morgan fingerprint density at radius 3 is 2.64 bits per heavy atom. The summed E-state index contributed by atoms with van der Waals surface area (Å²) in [5.74, 6) is -1.23. The molecule has 7 heteroatoms. The third-order valence-corrected chi connectivity index (χ3v) is 3.47. The summed E-state index contributed by atoms with van der Waals surface area (Å²) >= 11 is 0. The molecule has 0 aliphatic carbocycles. The van der Waals surface area contributed by atoms with Gasteiger partial charge < -0.3 is 9.67 Å². The van der Waals surface area contributed by atoms with Gasteiger partial charge in [-0.2, -0.15) is 5.10 Å². The van der Waals surface area contributed by atoms with E-state index in [4.69, 9.17) is 5.11 Å². The number of fused-ring (bicyclic) bond motifs is 1. The molecule has 0 fully saturated rings. The summed E-state index contributed by atoms with van der Waals surface area (Å²) in [4.78, 5) is 27.9. The molecular weight excluding hydrogens is 284 g/mol. The van der Waals surface area contributed by atoms with Crippen LogP contribution >= 0.6 is 0 Å². The molecule has 3 aromatic heterocycles. The lowest BCUT2D eigenvalue weighted by molar-refractivity contribution is 0.0695. The molecule has 0 unspecified atom stereocenters. The number of carboxylic acid groups (broad SMARTS) is 1. The largest absolute Gasteiger partial charge is 0.477 e. The minimum atomic E-state index is -1.23. The lowest BCUT2D eigenvalue weighted by Gasteiger charge is -2.10. The molecule has 112 valence electrons. The maximum atomic E-state index is 12.2. The second-order valence-corrected chi connectivity index (χ2v) is 4.91. The van der Waals surface area contributed by atoms with E-state index in [1.54, 1.807) is 21.4 Å². The number of carbonyl (C=O) groups is 1. The molecule has 3 heterocycles. The molecule has 0 radical (unpaired) electrons. The van der Waals surface area contributed by atoms with Gasteiger partial charge in [0.25, 0.3) is 0 Å². The molecule has 0 aliphatic heterocycles. The van der Waals surface area contributed by atoms with Crippen LogP contribution in [0.15, 0.2) is 35.4 Å². The van der Waals surface area contributed by atoms with Crippen molar-refractivity contribution in [2.45, 2.75) is 13.5 Å². The van der Waals surface area contributed by atoms with Crippen LogP contribution in [0.2, 0.25) is 0 Å². The van der Waals surface area contributed by atoms with Gasteiger partial charge in [0.2, 0.25) is 5.43 Å². The second kappa shape index (κ2) is 5.10. The molecule has 0 spiro atoms. The van der Waals surface area contributed by atoms with Crippen LogP contribution in [-0.4, -0.2) is 30.4 Å². The van der Waals surface area contributed by atoms with Gasteiger partial charge in [0.05, 0.1) is 11.1 Å². The maximum Gasteiger partial charge on any atom is 0.341 e. The highest BCUT2D eigenvalue weighted by Crippen LogP contribution is 2.18. The molecule has 1 N–H and O–H groups in total. The van der Waals surface area contributed by atoms with Gasteiger partial charge in [0.15, 0.2) is 0 Å². The summed E-state index contributed by atoms with van der Waals surface area (Å²) in [6.45, 7) is 2.38. The summed E-state index contributed by atoms with van der Waals surface area (Å²) in [5, 5.41) is 13.7. The van der Waals surface area contributed by atoms with Crippen LogP contribution in [0.3, 0.4) is 0 Å². The Morgan fingerprint density at radius 1 is 1.27 bits per heavy atom. The summed E-state index contributed by atoms with van der Waals surface area (Å²) in [6.07, 6.45) is 3.14. The fourth-order valence-electron chi connectivity index (χ4n) is 2.35. The van der Waals surface area contributed by atoms with E-state index < -0.39 is 11.4 Å². The first-order chi connectivity index (χ1) is 10.5. The first-order valence-corrected chi connectivity index (χ1v) is 6.78. The van der Waals surface area contributed by atoms with Crippen molar-refractivity contribution in [2.24, 2.45) is 7.05 Å². The van der Waals surface area contributed by atoms with E-state index in [9.17, 15) is 9.59 Å². The van der Waals surface area contributed by atoms with Crippen LogP contribution in [0.1, 0.15) is 17.3 Å². The first kappa shape index (κ1) is 14.0. The lowest BCUT2D eigenvalue weighted by atomic mass is 10.1. The van der Waals surface area contributed by atoms with E-state index in [0.717, 1.165) is 0 Å². The zero-order valence-corrected chi connectivity index (χ0v) is 12.1.